The fraction of sp³-hybridized carbons (Fsp3) is 0.588. The van der Waals surface area contributed by atoms with Crippen LogP contribution in [0.4, 0.5) is 18.0 Å². The zero-order valence-electron chi connectivity index (χ0n) is 13.2. The summed E-state index contributed by atoms with van der Waals surface area (Å²) in [4.78, 5) is 11.9. The molecule has 1 aliphatic rings. The lowest BCUT2D eigenvalue weighted by molar-refractivity contribution is -0.137. The van der Waals surface area contributed by atoms with Gasteiger partial charge < -0.3 is 10.6 Å². The molecule has 0 unspecified atom stereocenters. The molecule has 0 heterocycles. The highest BCUT2D eigenvalue weighted by molar-refractivity contribution is 5.74. The second-order valence-corrected chi connectivity index (χ2v) is 6.21. The summed E-state index contributed by atoms with van der Waals surface area (Å²) in [7, 11) is 0. The lowest BCUT2D eigenvalue weighted by atomic mass is 9.86. The molecule has 3 nitrogen and oxygen atoms in total. The van der Waals surface area contributed by atoms with Crippen LogP contribution in [0.5, 0.6) is 0 Å². The molecule has 2 rings (SSSR count). The number of amides is 2. The normalized spacial score (nSPS) is 21.7. The molecule has 0 radical (unpaired) electrons. The summed E-state index contributed by atoms with van der Waals surface area (Å²) in [5.41, 5.74) is 0.113. The standard InChI is InChI=1S/C17H23F3N2O/c1-12-4-2-3-5-15(12)22-16(23)21-11-10-13-6-8-14(9-7-13)17(18,19)20/h6-9,12,15H,2-5,10-11H2,1H3,(H2,21,22,23)/t12-,15+/m0/s1. The molecule has 128 valence electrons. The topological polar surface area (TPSA) is 41.1 Å². The average Bonchev–Trinajstić information content (AvgIpc) is 2.49. The van der Waals surface area contributed by atoms with Crippen LogP contribution in [0.25, 0.3) is 0 Å². The molecule has 6 heteroatoms. The van der Waals surface area contributed by atoms with Crippen LogP contribution in [0, 0.1) is 5.92 Å². The van der Waals surface area contributed by atoms with E-state index in [1.165, 1.54) is 18.6 Å². The first-order valence-corrected chi connectivity index (χ1v) is 8.07. The monoisotopic (exact) mass is 328 g/mol. The summed E-state index contributed by atoms with van der Waals surface area (Å²) in [5, 5.41) is 5.76. The first-order chi connectivity index (χ1) is 10.9. The minimum Gasteiger partial charge on any atom is -0.338 e. The lowest BCUT2D eigenvalue weighted by Gasteiger charge is -2.29. The van der Waals surface area contributed by atoms with Crippen LogP contribution in [0.15, 0.2) is 24.3 Å². The number of carbonyl (C=O) groups excluding carboxylic acids is 1. The molecule has 1 aliphatic carbocycles. The summed E-state index contributed by atoms with van der Waals surface area (Å²) in [6.45, 7) is 2.55. The predicted octanol–water partition coefficient (Wildman–Crippen LogP) is 4.13. The van der Waals surface area contributed by atoms with Crippen molar-refractivity contribution in [1.82, 2.24) is 10.6 Å². The van der Waals surface area contributed by atoms with E-state index in [-0.39, 0.29) is 12.1 Å². The third kappa shape index (κ3) is 5.44. The summed E-state index contributed by atoms with van der Waals surface area (Å²) in [6.07, 6.45) is 0.693. The third-order valence-electron chi connectivity index (χ3n) is 4.41. The molecule has 1 saturated carbocycles. The van der Waals surface area contributed by atoms with Gasteiger partial charge in [0.25, 0.3) is 0 Å². The number of benzene rings is 1. The number of nitrogens with one attached hydrogen (secondary N) is 2. The van der Waals surface area contributed by atoms with Crippen molar-refractivity contribution in [3.05, 3.63) is 35.4 Å². The van der Waals surface area contributed by atoms with Gasteiger partial charge in [-0.3, -0.25) is 0 Å². The zero-order valence-corrected chi connectivity index (χ0v) is 13.2. The smallest absolute Gasteiger partial charge is 0.338 e. The van der Waals surface area contributed by atoms with E-state index in [1.807, 2.05) is 0 Å². The Kier molecular flexibility index (Phi) is 5.91. The van der Waals surface area contributed by atoms with Crippen LogP contribution in [-0.4, -0.2) is 18.6 Å². The Bertz CT molecular complexity index is 514. The first kappa shape index (κ1) is 17.6. The van der Waals surface area contributed by atoms with Crippen LogP contribution in [-0.2, 0) is 12.6 Å². The van der Waals surface area contributed by atoms with Gasteiger partial charge in [-0.2, -0.15) is 13.2 Å². The molecule has 23 heavy (non-hydrogen) atoms. The number of hydrogen-bond donors (Lipinski definition) is 2. The molecule has 0 bridgehead atoms. The fourth-order valence-corrected chi connectivity index (χ4v) is 2.93. The summed E-state index contributed by atoms with van der Waals surface area (Å²) >= 11 is 0. The summed E-state index contributed by atoms with van der Waals surface area (Å²) in [5.74, 6) is 0.490. The Hall–Kier alpha value is -1.72. The van der Waals surface area contributed by atoms with Gasteiger partial charge in [-0.05, 0) is 42.9 Å². The molecule has 2 atom stereocenters. The van der Waals surface area contributed by atoms with E-state index in [0.29, 0.717) is 18.9 Å². The van der Waals surface area contributed by atoms with Gasteiger partial charge in [-0.25, -0.2) is 4.79 Å². The van der Waals surface area contributed by atoms with Crippen molar-refractivity contribution in [1.29, 1.82) is 0 Å². The van der Waals surface area contributed by atoms with E-state index in [4.69, 9.17) is 0 Å². The highest BCUT2D eigenvalue weighted by Crippen LogP contribution is 2.29. The highest BCUT2D eigenvalue weighted by Gasteiger charge is 2.29. The van der Waals surface area contributed by atoms with Gasteiger partial charge >= 0.3 is 12.2 Å². The van der Waals surface area contributed by atoms with Crippen molar-refractivity contribution in [2.24, 2.45) is 5.92 Å². The van der Waals surface area contributed by atoms with E-state index in [1.54, 1.807) is 0 Å². The number of hydrogen-bond acceptors (Lipinski definition) is 1. The van der Waals surface area contributed by atoms with E-state index in [9.17, 15) is 18.0 Å². The Labute approximate surface area is 134 Å². The second-order valence-electron chi connectivity index (χ2n) is 6.21. The van der Waals surface area contributed by atoms with Crippen molar-refractivity contribution in [3.63, 3.8) is 0 Å². The molecule has 1 aromatic carbocycles. The first-order valence-electron chi connectivity index (χ1n) is 8.07. The Morgan fingerprint density at radius 1 is 1.17 bits per heavy atom. The summed E-state index contributed by atoms with van der Waals surface area (Å²) in [6, 6.07) is 5.06. The van der Waals surface area contributed by atoms with Crippen LogP contribution >= 0.6 is 0 Å². The van der Waals surface area contributed by atoms with Crippen LogP contribution in [0.2, 0.25) is 0 Å². The third-order valence-corrected chi connectivity index (χ3v) is 4.41. The number of halogens is 3. The Balaban J connectivity index is 1.73. The van der Waals surface area contributed by atoms with Gasteiger partial charge in [0.1, 0.15) is 0 Å². The van der Waals surface area contributed by atoms with Crippen molar-refractivity contribution < 1.29 is 18.0 Å². The molecule has 0 saturated heterocycles. The highest BCUT2D eigenvalue weighted by atomic mass is 19.4. The molecular formula is C17H23F3N2O. The van der Waals surface area contributed by atoms with Crippen LogP contribution in [0.1, 0.15) is 43.7 Å². The molecular weight excluding hydrogens is 305 g/mol. The van der Waals surface area contributed by atoms with E-state index in [2.05, 4.69) is 17.6 Å². The molecule has 0 aromatic heterocycles. The van der Waals surface area contributed by atoms with Crippen molar-refractivity contribution in [2.75, 3.05) is 6.54 Å². The Morgan fingerprint density at radius 2 is 1.83 bits per heavy atom. The largest absolute Gasteiger partial charge is 0.416 e. The minimum atomic E-state index is -4.31. The molecule has 1 aromatic rings. The van der Waals surface area contributed by atoms with Gasteiger partial charge in [0.05, 0.1) is 5.56 Å². The SMILES string of the molecule is C[C@H]1CCCC[C@H]1NC(=O)NCCc1ccc(C(F)(F)F)cc1. The Morgan fingerprint density at radius 3 is 2.43 bits per heavy atom. The quantitative estimate of drug-likeness (QED) is 0.857. The average molecular weight is 328 g/mol. The van der Waals surface area contributed by atoms with Crippen LogP contribution < -0.4 is 10.6 Å². The zero-order chi connectivity index (χ0) is 16.9. The van der Waals surface area contributed by atoms with Gasteiger partial charge in [-0.15, -0.1) is 0 Å². The fourth-order valence-electron chi connectivity index (χ4n) is 2.93. The van der Waals surface area contributed by atoms with E-state index < -0.39 is 11.7 Å². The maximum atomic E-state index is 12.5. The van der Waals surface area contributed by atoms with E-state index >= 15 is 0 Å². The van der Waals surface area contributed by atoms with Crippen molar-refractivity contribution in [2.45, 2.75) is 51.2 Å². The second kappa shape index (κ2) is 7.70. The maximum Gasteiger partial charge on any atom is 0.416 e. The van der Waals surface area contributed by atoms with Gasteiger partial charge in [-0.1, -0.05) is 31.9 Å². The minimum absolute atomic E-state index is 0.198. The summed E-state index contributed by atoms with van der Waals surface area (Å²) < 4.78 is 37.4. The molecule has 0 spiro atoms. The number of rotatable bonds is 4. The predicted molar refractivity (Wildman–Crippen MR) is 83.1 cm³/mol. The van der Waals surface area contributed by atoms with Crippen LogP contribution in [0.3, 0.4) is 0 Å². The van der Waals surface area contributed by atoms with Gasteiger partial charge in [0.15, 0.2) is 0 Å². The lowest BCUT2D eigenvalue weighted by Crippen LogP contribution is -2.46. The maximum absolute atomic E-state index is 12.5. The van der Waals surface area contributed by atoms with Gasteiger partial charge in [0.2, 0.25) is 0 Å². The molecule has 2 N–H and O–H groups in total. The molecule has 0 aliphatic heterocycles. The van der Waals surface area contributed by atoms with Crippen molar-refractivity contribution >= 4 is 6.03 Å². The molecule has 1 fully saturated rings. The molecule has 2 amide bonds. The number of alkyl halides is 3. The van der Waals surface area contributed by atoms with Crippen molar-refractivity contribution in [3.8, 4) is 0 Å². The van der Waals surface area contributed by atoms with Gasteiger partial charge in [0, 0.05) is 12.6 Å². The van der Waals surface area contributed by atoms with E-state index in [0.717, 1.165) is 37.0 Å². The number of carbonyl (C=O) groups is 1. The number of urea groups is 1.